The SMILES string of the molecule is NCc1nc(C(=O)O)c(-c2ccccc2Br)s1. The van der Waals surface area contributed by atoms with Crippen LogP contribution in [-0.2, 0) is 6.54 Å². The first kappa shape index (κ1) is 12.2. The van der Waals surface area contributed by atoms with Gasteiger partial charge in [0.15, 0.2) is 5.69 Å². The smallest absolute Gasteiger partial charge is 0.356 e. The van der Waals surface area contributed by atoms with Crippen LogP contribution in [0.1, 0.15) is 15.5 Å². The Morgan fingerprint density at radius 1 is 1.47 bits per heavy atom. The number of nitrogens with two attached hydrogens (primary N) is 1. The number of hydrogen-bond donors (Lipinski definition) is 2. The van der Waals surface area contributed by atoms with E-state index < -0.39 is 5.97 Å². The largest absolute Gasteiger partial charge is 0.476 e. The molecule has 4 nitrogen and oxygen atoms in total. The molecular formula is C11H9BrN2O2S. The van der Waals surface area contributed by atoms with Gasteiger partial charge >= 0.3 is 5.97 Å². The van der Waals surface area contributed by atoms with E-state index in [-0.39, 0.29) is 12.2 Å². The van der Waals surface area contributed by atoms with E-state index >= 15 is 0 Å². The van der Waals surface area contributed by atoms with Gasteiger partial charge in [0.05, 0.1) is 4.88 Å². The van der Waals surface area contributed by atoms with E-state index in [4.69, 9.17) is 10.8 Å². The fourth-order valence-corrected chi connectivity index (χ4v) is 3.01. The van der Waals surface area contributed by atoms with Crippen molar-refractivity contribution < 1.29 is 9.90 Å². The number of carboxylic acids is 1. The van der Waals surface area contributed by atoms with Crippen LogP contribution in [0.3, 0.4) is 0 Å². The number of aromatic nitrogens is 1. The van der Waals surface area contributed by atoms with Crippen molar-refractivity contribution in [3.63, 3.8) is 0 Å². The van der Waals surface area contributed by atoms with E-state index in [0.29, 0.717) is 9.88 Å². The summed E-state index contributed by atoms with van der Waals surface area (Å²) in [4.78, 5) is 15.8. The summed E-state index contributed by atoms with van der Waals surface area (Å²) in [6.07, 6.45) is 0. The Bertz CT molecular complexity index is 568. The van der Waals surface area contributed by atoms with Gasteiger partial charge in [-0.2, -0.15) is 0 Å². The van der Waals surface area contributed by atoms with E-state index in [0.717, 1.165) is 10.0 Å². The van der Waals surface area contributed by atoms with Crippen LogP contribution in [0, 0.1) is 0 Å². The number of thiazole rings is 1. The Labute approximate surface area is 110 Å². The van der Waals surface area contributed by atoms with Crippen LogP contribution in [0.2, 0.25) is 0 Å². The Balaban J connectivity index is 2.62. The molecule has 0 saturated heterocycles. The quantitative estimate of drug-likeness (QED) is 0.913. The van der Waals surface area contributed by atoms with Gasteiger partial charge in [0.2, 0.25) is 0 Å². The van der Waals surface area contributed by atoms with Crippen molar-refractivity contribution in [3.05, 3.63) is 39.4 Å². The average molecular weight is 313 g/mol. The molecule has 0 aliphatic heterocycles. The molecule has 3 N–H and O–H groups in total. The molecule has 1 heterocycles. The van der Waals surface area contributed by atoms with Crippen LogP contribution >= 0.6 is 27.3 Å². The van der Waals surface area contributed by atoms with Gasteiger partial charge in [-0.3, -0.25) is 0 Å². The predicted molar refractivity (Wildman–Crippen MR) is 70.1 cm³/mol. The molecule has 0 amide bonds. The molecule has 0 atom stereocenters. The zero-order valence-electron chi connectivity index (χ0n) is 8.68. The Hall–Kier alpha value is -1.24. The highest BCUT2D eigenvalue weighted by Crippen LogP contribution is 2.35. The second-order valence-electron chi connectivity index (χ2n) is 3.27. The van der Waals surface area contributed by atoms with Gasteiger partial charge in [-0.25, -0.2) is 9.78 Å². The minimum Gasteiger partial charge on any atom is -0.476 e. The number of hydrogen-bond acceptors (Lipinski definition) is 4. The van der Waals surface area contributed by atoms with Crippen molar-refractivity contribution in [1.29, 1.82) is 0 Å². The molecule has 0 bridgehead atoms. The molecule has 6 heteroatoms. The minimum absolute atomic E-state index is 0.0577. The Morgan fingerprint density at radius 2 is 2.18 bits per heavy atom. The molecule has 1 aromatic heterocycles. The lowest BCUT2D eigenvalue weighted by Crippen LogP contribution is -2.01. The van der Waals surface area contributed by atoms with Crippen LogP contribution in [0.5, 0.6) is 0 Å². The van der Waals surface area contributed by atoms with E-state index in [1.54, 1.807) is 0 Å². The van der Waals surface area contributed by atoms with E-state index in [9.17, 15) is 4.79 Å². The number of carbonyl (C=O) groups is 1. The van der Waals surface area contributed by atoms with Crippen LogP contribution in [-0.4, -0.2) is 16.1 Å². The fraction of sp³-hybridized carbons (Fsp3) is 0.0909. The number of nitrogens with zero attached hydrogens (tertiary/aromatic N) is 1. The predicted octanol–water partition coefficient (Wildman–Crippen LogP) is 2.73. The van der Waals surface area contributed by atoms with Gasteiger partial charge in [0.1, 0.15) is 5.01 Å². The standard InChI is InChI=1S/C11H9BrN2O2S/c12-7-4-2-1-3-6(7)10-9(11(15)16)14-8(5-13)17-10/h1-4H,5,13H2,(H,15,16). The van der Waals surface area contributed by atoms with Gasteiger partial charge in [0, 0.05) is 16.6 Å². The van der Waals surface area contributed by atoms with E-state index in [2.05, 4.69) is 20.9 Å². The van der Waals surface area contributed by atoms with Crippen molar-refractivity contribution in [3.8, 4) is 10.4 Å². The molecule has 0 radical (unpaired) electrons. The molecule has 0 fully saturated rings. The summed E-state index contributed by atoms with van der Waals surface area (Å²) < 4.78 is 0.842. The summed E-state index contributed by atoms with van der Waals surface area (Å²) in [6, 6.07) is 7.44. The Kier molecular flexibility index (Phi) is 3.56. The van der Waals surface area contributed by atoms with Crippen LogP contribution in [0.25, 0.3) is 10.4 Å². The molecule has 0 spiro atoms. The normalized spacial score (nSPS) is 10.5. The zero-order valence-corrected chi connectivity index (χ0v) is 11.1. The summed E-state index contributed by atoms with van der Waals surface area (Å²) in [5.41, 5.74) is 6.37. The second kappa shape index (κ2) is 4.95. The van der Waals surface area contributed by atoms with Crippen molar-refractivity contribution in [2.45, 2.75) is 6.54 Å². The van der Waals surface area contributed by atoms with Crippen LogP contribution in [0.4, 0.5) is 0 Å². The lowest BCUT2D eigenvalue weighted by Gasteiger charge is -2.01. The molecule has 1 aromatic carbocycles. The van der Waals surface area contributed by atoms with Crippen molar-refractivity contribution in [1.82, 2.24) is 4.98 Å². The summed E-state index contributed by atoms with van der Waals surface area (Å²) in [5, 5.41) is 9.73. The van der Waals surface area contributed by atoms with Gasteiger partial charge in [-0.15, -0.1) is 11.3 Å². The molecule has 0 aliphatic rings. The maximum absolute atomic E-state index is 11.1. The lowest BCUT2D eigenvalue weighted by atomic mass is 10.1. The van der Waals surface area contributed by atoms with Gasteiger partial charge in [0.25, 0.3) is 0 Å². The molecule has 2 aromatic rings. The summed E-state index contributed by atoms with van der Waals surface area (Å²) in [5.74, 6) is -1.04. The Morgan fingerprint density at radius 3 is 2.76 bits per heavy atom. The van der Waals surface area contributed by atoms with E-state index in [1.807, 2.05) is 24.3 Å². The first-order chi connectivity index (χ1) is 8.13. The first-order valence-electron chi connectivity index (χ1n) is 4.81. The molecule has 0 saturated carbocycles. The third kappa shape index (κ3) is 2.38. The van der Waals surface area contributed by atoms with E-state index in [1.165, 1.54) is 11.3 Å². The second-order valence-corrected chi connectivity index (χ2v) is 5.21. The zero-order chi connectivity index (χ0) is 12.4. The van der Waals surface area contributed by atoms with Crippen molar-refractivity contribution >= 4 is 33.2 Å². The monoisotopic (exact) mass is 312 g/mol. The third-order valence-electron chi connectivity index (χ3n) is 2.17. The summed E-state index contributed by atoms with van der Waals surface area (Å²) >= 11 is 4.71. The minimum atomic E-state index is -1.04. The number of rotatable bonds is 3. The van der Waals surface area contributed by atoms with Gasteiger partial charge < -0.3 is 10.8 Å². The maximum Gasteiger partial charge on any atom is 0.356 e. The molecule has 88 valence electrons. The number of benzene rings is 1. The highest BCUT2D eigenvalue weighted by Gasteiger charge is 2.19. The third-order valence-corrected chi connectivity index (χ3v) is 3.97. The topological polar surface area (TPSA) is 76.2 Å². The number of carboxylic acid groups (broad SMARTS) is 1. The fourth-order valence-electron chi connectivity index (χ4n) is 1.42. The molecule has 17 heavy (non-hydrogen) atoms. The van der Waals surface area contributed by atoms with Crippen molar-refractivity contribution in [2.24, 2.45) is 5.73 Å². The highest BCUT2D eigenvalue weighted by atomic mass is 79.9. The molecular weight excluding hydrogens is 304 g/mol. The average Bonchev–Trinajstić information content (AvgIpc) is 2.73. The summed E-state index contributed by atoms with van der Waals surface area (Å²) in [7, 11) is 0. The molecule has 0 aliphatic carbocycles. The summed E-state index contributed by atoms with van der Waals surface area (Å²) in [6.45, 7) is 0.245. The number of aromatic carboxylic acids is 1. The highest BCUT2D eigenvalue weighted by molar-refractivity contribution is 9.10. The van der Waals surface area contributed by atoms with Crippen LogP contribution < -0.4 is 5.73 Å². The first-order valence-corrected chi connectivity index (χ1v) is 6.42. The van der Waals surface area contributed by atoms with Crippen molar-refractivity contribution in [2.75, 3.05) is 0 Å². The van der Waals surface area contributed by atoms with Gasteiger partial charge in [-0.1, -0.05) is 34.1 Å². The lowest BCUT2D eigenvalue weighted by molar-refractivity contribution is 0.0692. The van der Waals surface area contributed by atoms with Gasteiger partial charge in [-0.05, 0) is 6.07 Å². The van der Waals surface area contributed by atoms with Crippen LogP contribution in [0.15, 0.2) is 28.7 Å². The number of halogens is 1. The maximum atomic E-state index is 11.1. The molecule has 0 unspecified atom stereocenters. The molecule has 2 rings (SSSR count).